The van der Waals surface area contributed by atoms with E-state index in [0.717, 1.165) is 29.5 Å². The summed E-state index contributed by atoms with van der Waals surface area (Å²) in [6.45, 7) is 0. The Kier molecular flexibility index (Phi) is 4.15. The van der Waals surface area contributed by atoms with E-state index in [9.17, 15) is 4.39 Å². The summed E-state index contributed by atoms with van der Waals surface area (Å²) < 4.78 is 20.1. The topological polar surface area (TPSA) is 21.3 Å². The van der Waals surface area contributed by atoms with Crippen molar-refractivity contribution in [1.29, 1.82) is 0 Å². The Morgan fingerprint density at radius 1 is 1.24 bits per heavy atom. The molecule has 0 radical (unpaired) electrons. The fourth-order valence-electron chi connectivity index (χ4n) is 2.86. The van der Waals surface area contributed by atoms with Crippen molar-refractivity contribution in [1.82, 2.24) is 0 Å². The molecule has 1 aliphatic carbocycles. The average Bonchev–Trinajstić information content (AvgIpc) is 2.50. The average molecular weight is 350 g/mol. The monoisotopic (exact) mass is 349 g/mol. The lowest BCUT2D eigenvalue weighted by atomic mass is 9.87. The Morgan fingerprint density at radius 2 is 2.10 bits per heavy atom. The van der Waals surface area contributed by atoms with Crippen LogP contribution < -0.4 is 10.1 Å². The molecule has 1 unspecified atom stereocenters. The molecule has 2 aromatic carbocycles. The first-order chi connectivity index (χ1) is 10.2. The third kappa shape index (κ3) is 3.05. The lowest BCUT2D eigenvalue weighted by Gasteiger charge is -2.28. The molecular formula is C17H17BrFNO. The second kappa shape index (κ2) is 6.06. The molecule has 110 valence electrons. The lowest BCUT2D eigenvalue weighted by Crippen LogP contribution is -2.18. The van der Waals surface area contributed by atoms with Crippen LogP contribution >= 0.6 is 15.9 Å². The van der Waals surface area contributed by atoms with Crippen LogP contribution in [0.5, 0.6) is 5.75 Å². The van der Waals surface area contributed by atoms with E-state index in [1.54, 1.807) is 19.2 Å². The van der Waals surface area contributed by atoms with Gasteiger partial charge in [-0.05, 0) is 60.7 Å². The molecule has 3 rings (SSSR count). The van der Waals surface area contributed by atoms with Crippen molar-refractivity contribution in [3.05, 3.63) is 57.8 Å². The fourth-order valence-corrected chi connectivity index (χ4v) is 3.22. The van der Waals surface area contributed by atoms with Crippen LogP contribution in [0.4, 0.5) is 10.1 Å². The van der Waals surface area contributed by atoms with Gasteiger partial charge in [-0.3, -0.25) is 0 Å². The minimum absolute atomic E-state index is 0.142. The van der Waals surface area contributed by atoms with Gasteiger partial charge in [-0.25, -0.2) is 4.39 Å². The van der Waals surface area contributed by atoms with Crippen molar-refractivity contribution in [2.75, 3.05) is 12.4 Å². The van der Waals surface area contributed by atoms with E-state index >= 15 is 0 Å². The minimum Gasteiger partial charge on any atom is -0.497 e. The first-order valence-corrected chi connectivity index (χ1v) is 7.85. The third-order valence-corrected chi connectivity index (χ3v) is 4.42. The van der Waals surface area contributed by atoms with Crippen molar-refractivity contribution in [3.8, 4) is 5.75 Å². The van der Waals surface area contributed by atoms with Gasteiger partial charge in [0.05, 0.1) is 18.8 Å². The zero-order valence-corrected chi connectivity index (χ0v) is 13.4. The Hall–Kier alpha value is -1.55. The molecule has 0 fully saturated rings. The van der Waals surface area contributed by atoms with Crippen LogP contribution in [0, 0.1) is 5.82 Å². The Morgan fingerprint density at radius 3 is 2.90 bits per heavy atom. The van der Waals surface area contributed by atoms with Crippen LogP contribution in [0.3, 0.4) is 0 Å². The molecule has 0 heterocycles. The number of ether oxygens (including phenoxy) is 1. The van der Waals surface area contributed by atoms with Crippen LogP contribution in [0.1, 0.15) is 30.0 Å². The highest BCUT2D eigenvalue weighted by atomic mass is 79.9. The van der Waals surface area contributed by atoms with Crippen molar-refractivity contribution in [2.24, 2.45) is 0 Å². The van der Waals surface area contributed by atoms with Crippen LogP contribution in [0.2, 0.25) is 0 Å². The summed E-state index contributed by atoms with van der Waals surface area (Å²) in [5.41, 5.74) is 3.06. The highest BCUT2D eigenvalue weighted by Gasteiger charge is 2.21. The van der Waals surface area contributed by atoms with E-state index in [0.29, 0.717) is 5.69 Å². The summed E-state index contributed by atoms with van der Waals surface area (Å²) in [5.74, 6) is 0.655. The second-order valence-electron chi connectivity index (χ2n) is 5.28. The maximum Gasteiger partial charge on any atom is 0.146 e. The van der Waals surface area contributed by atoms with Gasteiger partial charge in [0.2, 0.25) is 0 Å². The largest absolute Gasteiger partial charge is 0.497 e. The molecule has 1 aliphatic rings. The molecule has 2 nitrogen and oxygen atoms in total. The van der Waals surface area contributed by atoms with Crippen molar-refractivity contribution in [3.63, 3.8) is 0 Å². The van der Waals surface area contributed by atoms with Crippen LogP contribution in [0.15, 0.2) is 40.9 Å². The number of rotatable bonds is 3. The van der Waals surface area contributed by atoms with Crippen molar-refractivity contribution >= 4 is 21.6 Å². The molecule has 0 saturated carbocycles. The number of benzene rings is 2. The van der Waals surface area contributed by atoms with Gasteiger partial charge in [-0.1, -0.05) is 22.0 Å². The number of methoxy groups -OCH3 is 1. The molecule has 2 aromatic rings. The molecule has 1 atom stereocenters. The predicted molar refractivity (Wildman–Crippen MR) is 86.4 cm³/mol. The van der Waals surface area contributed by atoms with E-state index in [1.165, 1.54) is 17.2 Å². The molecule has 0 aromatic heterocycles. The Balaban J connectivity index is 1.90. The number of aryl methyl sites for hydroxylation is 1. The standard InChI is InChI=1S/C17H17BrFNO/c1-21-13-6-7-14-11(9-13)3-2-4-16(14)20-17-10-12(18)5-8-15(17)19/h5-10,16,20H,2-4H2,1H3. The number of hydrogen-bond donors (Lipinski definition) is 1. The summed E-state index contributed by atoms with van der Waals surface area (Å²) in [6.07, 6.45) is 3.14. The fraction of sp³-hybridized carbons (Fsp3) is 0.294. The number of fused-ring (bicyclic) bond motifs is 1. The van der Waals surface area contributed by atoms with Gasteiger partial charge in [0, 0.05) is 4.47 Å². The smallest absolute Gasteiger partial charge is 0.146 e. The minimum atomic E-state index is -0.223. The SMILES string of the molecule is COc1ccc2c(c1)CCCC2Nc1cc(Br)ccc1F. The van der Waals surface area contributed by atoms with Gasteiger partial charge in [0.15, 0.2) is 0 Å². The Labute approximate surface area is 132 Å². The lowest BCUT2D eigenvalue weighted by molar-refractivity contribution is 0.413. The van der Waals surface area contributed by atoms with E-state index in [-0.39, 0.29) is 11.9 Å². The zero-order chi connectivity index (χ0) is 14.8. The second-order valence-corrected chi connectivity index (χ2v) is 6.19. The maximum atomic E-state index is 13.9. The number of halogens is 2. The predicted octanol–water partition coefficient (Wildman–Crippen LogP) is 5.09. The van der Waals surface area contributed by atoms with Gasteiger partial charge in [0.25, 0.3) is 0 Å². The van der Waals surface area contributed by atoms with Crippen LogP contribution in [-0.4, -0.2) is 7.11 Å². The van der Waals surface area contributed by atoms with E-state index < -0.39 is 0 Å². The number of hydrogen-bond acceptors (Lipinski definition) is 2. The first-order valence-electron chi connectivity index (χ1n) is 7.06. The van der Waals surface area contributed by atoms with E-state index in [1.807, 2.05) is 6.07 Å². The molecule has 4 heteroatoms. The number of nitrogens with one attached hydrogen (secondary N) is 1. The van der Waals surface area contributed by atoms with E-state index in [4.69, 9.17) is 4.74 Å². The van der Waals surface area contributed by atoms with Crippen molar-refractivity contribution < 1.29 is 9.13 Å². The molecule has 1 N–H and O–H groups in total. The van der Waals surface area contributed by atoms with Crippen molar-refractivity contribution in [2.45, 2.75) is 25.3 Å². The highest BCUT2D eigenvalue weighted by Crippen LogP contribution is 2.35. The summed E-state index contributed by atoms with van der Waals surface area (Å²) in [7, 11) is 1.68. The van der Waals surface area contributed by atoms with Crippen LogP contribution in [0.25, 0.3) is 0 Å². The third-order valence-electron chi connectivity index (χ3n) is 3.92. The Bertz CT molecular complexity index is 659. The van der Waals surface area contributed by atoms with Gasteiger partial charge in [0.1, 0.15) is 11.6 Å². The summed E-state index contributed by atoms with van der Waals surface area (Å²) >= 11 is 3.39. The summed E-state index contributed by atoms with van der Waals surface area (Å²) in [4.78, 5) is 0. The first kappa shape index (κ1) is 14.4. The van der Waals surface area contributed by atoms with Gasteiger partial charge >= 0.3 is 0 Å². The summed E-state index contributed by atoms with van der Waals surface area (Å²) in [6, 6.07) is 11.2. The van der Waals surface area contributed by atoms with Gasteiger partial charge in [-0.15, -0.1) is 0 Å². The molecule has 0 saturated heterocycles. The molecule has 21 heavy (non-hydrogen) atoms. The molecule has 0 amide bonds. The molecule has 0 bridgehead atoms. The molecule has 0 spiro atoms. The van der Waals surface area contributed by atoms with Gasteiger partial charge in [-0.2, -0.15) is 0 Å². The maximum absolute atomic E-state index is 13.9. The quantitative estimate of drug-likeness (QED) is 0.833. The molecule has 0 aliphatic heterocycles. The molecular weight excluding hydrogens is 333 g/mol. The van der Waals surface area contributed by atoms with Gasteiger partial charge < -0.3 is 10.1 Å². The van der Waals surface area contributed by atoms with E-state index in [2.05, 4.69) is 33.4 Å². The number of anilines is 1. The van der Waals surface area contributed by atoms with Crippen LogP contribution in [-0.2, 0) is 6.42 Å². The highest BCUT2D eigenvalue weighted by molar-refractivity contribution is 9.10. The summed E-state index contributed by atoms with van der Waals surface area (Å²) in [5, 5.41) is 3.34. The zero-order valence-electron chi connectivity index (χ0n) is 11.8. The normalized spacial score (nSPS) is 17.2.